The molecule has 2 nitrogen and oxygen atoms in total. The molecule has 0 aromatic carbocycles. The highest BCUT2D eigenvalue weighted by atomic mass is 16.1. The molecule has 58 valence electrons. The minimum Gasteiger partial charge on any atom is -0.322 e. The molecule has 0 unspecified atom stereocenters. The van der Waals surface area contributed by atoms with Crippen molar-refractivity contribution in [2.45, 2.75) is 38.1 Å². The third-order valence-electron chi connectivity index (χ3n) is 2.26. The lowest BCUT2D eigenvalue weighted by molar-refractivity contribution is -0.109. The van der Waals surface area contributed by atoms with Crippen LogP contribution in [0.4, 0.5) is 0 Å². The highest BCUT2D eigenvalue weighted by molar-refractivity contribution is 5.56. The van der Waals surface area contributed by atoms with Gasteiger partial charge in [-0.05, 0) is 12.3 Å². The van der Waals surface area contributed by atoms with Gasteiger partial charge in [-0.3, -0.25) is 0 Å². The van der Waals surface area contributed by atoms with Crippen molar-refractivity contribution in [2.24, 2.45) is 11.7 Å². The maximum absolute atomic E-state index is 10.2. The first kappa shape index (κ1) is 7.73. The van der Waals surface area contributed by atoms with Crippen molar-refractivity contribution in [2.75, 3.05) is 0 Å². The minimum atomic E-state index is -0.205. The normalized spacial score (nSPS) is 22.9. The predicted molar refractivity (Wildman–Crippen MR) is 40.6 cm³/mol. The van der Waals surface area contributed by atoms with E-state index in [0.29, 0.717) is 0 Å². The van der Waals surface area contributed by atoms with E-state index < -0.39 is 0 Å². The summed E-state index contributed by atoms with van der Waals surface area (Å²) in [6.07, 6.45) is 6.98. The second kappa shape index (κ2) is 3.71. The van der Waals surface area contributed by atoms with Crippen LogP contribution in [0, 0.1) is 5.92 Å². The van der Waals surface area contributed by atoms with E-state index in [-0.39, 0.29) is 6.04 Å². The SMILES string of the molecule is N[C@@H](C=O)CC1CCCC1. The topological polar surface area (TPSA) is 43.1 Å². The summed E-state index contributed by atoms with van der Waals surface area (Å²) in [5, 5.41) is 0. The maximum atomic E-state index is 10.2. The molecule has 0 heterocycles. The molecule has 1 aliphatic carbocycles. The Morgan fingerprint density at radius 2 is 2.10 bits per heavy atom. The summed E-state index contributed by atoms with van der Waals surface area (Å²) in [4.78, 5) is 10.2. The Bertz CT molecular complexity index is 108. The molecule has 0 aromatic rings. The first-order valence-electron chi connectivity index (χ1n) is 4.04. The standard InChI is InChI=1S/C8H15NO/c9-8(6-10)5-7-3-1-2-4-7/h6-8H,1-5,9H2/t8-/m1/s1. The summed E-state index contributed by atoms with van der Waals surface area (Å²) in [5.41, 5.74) is 5.48. The number of nitrogens with two attached hydrogens (primary N) is 1. The smallest absolute Gasteiger partial charge is 0.136 e. The van der Waals surface area contributed by atoms with Gasteiger partial charge >= 0.3 is 0 Å². The Labute approximate surface area is 61.8 Å². The summed E-state index contributed by atoms with van der Waals surface area (Å²) >= 11 is 0. The quantitative estimate of drug-likeness (QED) is 0.598. The van der Waals surface area contributed by atoms with Gasteiger partial charge in [0.15, 0.2) is 0 Å². The molecule has 1 atom stereocenters. The summed E-state index contributed by atoms with van der Waals surface area (Å²) in [6.45, 7) is 0. The summed E-state index contributed by atoms with van der Waals surface area (Å²) in [6, 6.07) is -0.205. The van der Waals surface area contributed by atoms with E-state index in [2.05, 4.69) is 0 Å². The van der Waals surface area contributed by atoms with Gasteiger partial charge in [-0.2, -0.15) is 0 Å². The monoisotopic (exact) mass is 141 g/mol. The van der Waals surface area contributed by atoms with E-state index >= 15 is 0 Å². The third-order valence-corrected chi connectivity index (χ3v) is 2.26. The molecule has 0 bridgehead atoms. The van der Waals surface area contributed by atoms with E-state index in [0.717, 1.165) is 18.6 Å². The van der Waals surface area contributed by atoms with Crippen molar-refractivity contribution in [1.29, 1.82) is 0 Å². The van der Waals surface area contributed by atoms with Crippen molar-refractivity contribution in [3.05, 3.63) is 0 Å². The molecule has 0 amide bonds. The van der Waals surface area contributed by atoms with Gasteiger partial charge in [0.05, 0.1) is 6.04 Å². The second-order valence-corrected chi connectivity index (χ2v) is 3.19. The molecule has 2 N–H and O–H groups in total. The molecule has 0 aliphatic heterocycles. The number of hydrogen-bond acceptors (Lipinski definition) is 2. The van der Waals surface area contributed by atoms with Crippen molar-refractivity contribution >= 4 is 6.29 Å². The van der Waals surface area contributed by atoms with Crippen LogP contribution in [-0.2, 0) is 4.79 Å². The van der Waals surface area contributed by atoms with Crippen LogP contribution in [0.5, 0.6) is 0 Å². The molecule has 0 saturated heterocycles. The summed E-state index contributed by atoms with van der Waals surface area (Å²) in [7, 11) is 0. The lowest BCUT2D eigenvalue weighted by atomic mass is 10.00. The van der Waals surface area contributed by atoms with Gasteiger partial charge in [0.25, 0.3) is 0 Å². The zero-order chi connectivity index (χ0) is 7.40. The minimum absolute atomic E-state index is 0.205. The van der Waals surface area contributed by atoms with Crippen LogP contribution >= 0.6 is 0 Å². The van der Waals surface area contributed by atoms with E-state index in [1.165, 1.54) is 25.7 Å². The molecule has 0 aromatic heterocycles. The van der Waals surface area contributed by atoms with Crippen molar-refractivity contribution in [1.82, 2.24) is 0 Å². The second-order valence-electron chi connectivity index (χ2n) is 3.19. The summed E-state index contributed by atoms with van der Waals surface area (Å²) < 4.78 is 0. The Kier molecular flexibility index (Phi) is 2.87. The molecule has 0 radical (unpaired) electrons. The molecule has 0 spiro atoms. The molecule has 2 heteroatoms. The van der Waals surface area contributed by atoms with Gasteiger partial charge in [-0.1, -0.05) is 25.7 Å². The van der Waals surface area contributed by atoms with Crippen LogP contribution in [0.25, 0.3) is 0 Å². The zero-order valence-electron chi connectivity index (χ0n) is 6.25. The highest BCUT2D eigenvalue weighted by Gasteiger charge is 2.17. The average molecular weight is 141 g/mol. The molecular formula is C8H15NO. The Morgan fingerprint density at radius 1 is 1.50 bits per heavy atom. The molecule has 1 aliphatic rings. The Hall–Kier alpha value is -0.370. The lowest BCUT2D eigenvalue weighted by Gasteiger charge is -2.09. The maximum Gasteiger partial charge on any atom is 0.136 e. The number of carbonyl (C=O) groups is 1. The highest BCUT2D eigenvalue weighted by Crippen LogP contribution is 2.27. The van der Waals surface area contributed by atoms with E-state index in [4.69, 9.17) is 5.73 Å². The van der Waals surface area contributed by atoms with Crippen LogP contribution in [0.15, 0.2) is 0 Å². The van der Waals surface area contributed by atoms with E-state index in [9.17, 15) is 4.79 Å². The molecule has 1 saturated carbocycles. The predicted octanol–water partition coefficient (Wildman–Crippen LogP) is 1.09. The third kappa shape index (κ3) is 2.10. The van der Waals surface area contributed by atoms with Crippen molar-refractivity contribution in [3.63, 3.8) is 0 Å². The Morgan fingerprint density at radius 3 is 2.60 bits per heavy atom. The molecular weight excluding hydrogens is 126 g/mol. The molecule has 10 heavy (non-hydrogen) atoms. The Balaban J connectivity index is 2.17. The zero-order valence-corrected chi connectivity index (χ0v) is 6.25. The van der Waals surface area contributed by atoms with Gasteiger partial charge in [0.2, 0.25) is 0 Å². The van der Waals surface area contributed by atoms with Gasteiger partial charge < -0.3 is 10.5 Å². The van der Waals surface area contributed by atoms with Gasteiger partial charge in [-0.15, -0.1) is 0 Å². The number of hydrogen-bond donors (Lipinski definition) is 1. The van der Waals surface area contributed by atoms with E-state index in [1.807, 2.05) is 0 Å². The fourth-order valence-corrected chi connectivity index (χ4v) is 1.69. The van der Waals surface area contributed by atoms with Crippen LogP contribution < -0.4 is 5.73 Å². The largest absolute Gasteiger partial charge is 0.322 e. The van der Waals surface area contributed by atoms with Crippen LogP contribution in [0.2, 0.25) is 0 Å². The lowest BCUT2D eigenvalue weighted by Crippen LogP contribution is -2.23. The number of carbonyl (C=O) groups excluding carboxylic acids is 1. The number of aldehydes is 1. The van der Waals surface area contributed by atoms with Crippen LogP contribution in [0.1, 0.15) is 32.1 Å². The van der Waals surface area contributed by atoms with Crippen LogP contribution in [-0.4, -0.2) is 12.3 Å². The molecule has 1 rings (SSSR count). The summed E-state index contributed by atoms with van der Waals surface area (Å²) in [5.74, 6) is 0.736. The fraction of sp³-hybridized carbons (Fsp3) is 0.875. The molecule has 1 fully saturated rings. The van der Waals surface area contributed by atoms with Gasteiger partial charge in [-0.25, -0.2) is 0 Å². The first-order chi connectivity index (χ1) is 4.83. The van der Waals surface area contributed by atoms with Gasteiger partial charge in [0.1, 0.15) is 6.29 Å². The fourth-order valence-electron chi connectivity index (χ4n) is 1.69. The van der Waals surface area contributed by atoms with Gasteiger partial charge in [0, 0.05) is 0 Å². The van der Waals surface area contributed by atoms with Crippen molar-refractivity contribution < 1.29 is 4.79 Å². The van der Waals surface area contributed by atoms with E-state index in [1.54, 1.807) is 0 Å². The van der Waals surface area contributed by atoms with Crippen molar-refractivity contribution in [3.8, 4) is 0 Å². The average Bonchev–Trinajstić information content (AvgIpc) is 2.40. The van der Waals surface area contributed by atoms with Crippen LogP contribution in [0.3, 0.4) is 0 Å². The first-order valence-corrected chi connectivity index (χ1v) is 4.04. The number of rotatable bonds is 3.